The van der Waals surface area contributed by atoms with Gasteiger partial charge in [0.2, 0.25) is 0 Å². The summed E-state index contributed by atoms with van der Waals surface area (Å²) in [5.41, 5.74) is 3.96. The lowest BCUT2D eigenvalue weighted by molar-refractivity contribution is 0.409. The minimum Gasteiger partial charge on any atom is -0.508 e. The van der Waals surface area contributed by atoms with E-state index in [2.05, 4.69) is 29.0 Å². The van der Waals surface area contributed by atoms with Gasteiger partial charge in [0, 0.05) is 17.2 Å². The number of imidazole rings is 1. The first-order chi connectivity index (χ1) is 10.2. The first-order valence-corrected chi connectivity index (χ1v) is 6.67. The summed E-state index contributed by atoms with van der Waals surface area (Å²) in [5.74, 6) is 1.59. The minimum absolute atomic E-state index is 0.175. The number of nitrogens with one attached hydrogen (secondary N) is 1. The van der Waals surface area contributed by atoms with Crippen molar-refractivity contribution in [2.24, 2.45) is 0 Å². The third-order valence-corrected chi connectivity index (χ3v) is 3.38. The van der Waals surface area contributed by atoms with Gasteiger partial charge in [-0.2, -0.15) is 0 Å². The Morgan fingerprint density at radius 3 is 2.57 bits per heavy atom. The normalized spacial score (nSPS) is 10.6. The average Bonchev–Trinajstić information content (AvgIpc) is 2.97. The summed E-state index contributed by atoms with van der Waals surface area (Å²) in [6.07, 6.45) is 1.77. The Balaban J connectivity index is 2.00. The SMILES string of the molecule is COc1cc(O)ccc1-c1cnc(-c2ccc(C)cc2)[nH]1. The van der Waals surface area contributed by atoms with Crippen LogP contribution in [-0.2, 0) is 0 Å². The molecule has 2 aromatic carbocycles. The highest BCUT2D eigenvalue weighted by atomic mass is 16.5. The van der Waals surface area contributed by atoms with Crippen LogP contribution in [0, 0.1) is 6.92 Å². The zero-order chi connectivity index (χ0) is 14.8. The number of aromatic amines is 1. The second-order valence-electron chi connectivity index (χ2n) is 4.90. The lowest BCUT2D eigenvalue weighted by atomic mass is 10.1. The second kappa shape index (κ2) is 5.32. The van der Waals surface area contributed by atoms with Crippen LogP contribution in [0.2, 0.25) is 0 Å². The molecule has 2 N–H and O–H groups in total. The maximum atomic E-state index is 9.52. The summed E-state index contributed by atoms with van der Waals surface area (Å²) in [7, 11) is 1.58. The number of aryl methyl sites for hydroxylation is 1. The number of nitrogens with zero attached hydrogens (tertiary/aromatic N) is 1. The number of phenolic OH excluding ortho intramolecular Hbond substituents is 1. The Morgan fingerprint density at radius 1 is 1.10 bits per heavy atom. The van der Waals surface area contributed by atoms with Gasteiger partial charge in [0.05, 0.1) is 19.0 Å². The molecule has 0 radical (unpaired) electrons. The molecule has 4 heteroatoms. The summed E-state index contributed by atoms with van der Waals surface area (Å²) in [5, 5.41) is 9.52. The van der Waals surface area contributed by atoms with E-state index in [-0.39, 0.29) is 5.75 Å². The Morgan fingerprint density at radius 2 is 1.86 bits per heavy atom. The molecule has 0 fully saturated rings. The molecular formula is C17H16N2O2. The highest BCUT2D eigenvalue weighted by Gasteiger charge is 2.10. The maximum Gasteiger partial charge on any atom is 0.137 e. The fourth-order valence-electron chi connectivity index (χ4n) is 2.22. The smallest absolute Gasteiger partial charge is 0.137 e. The first kappa shape index (κ1) is 13.2. The van der Waals surface area contributed by atoms with Gasteiger partial charge in [0.1, 0.15) is 17.3 Å². The van der Waals surface area contributed by atoms with Crippen LogP contribution in [0.4, 0.5) is 0 Å². The summed E-state index contributed by atoms with van der Waals surface area (Å²) in [4.78, 5) is 7.70. The summed E-state index contributed by atoms with van der Waals surface area (Å²) in [6.45, 7) is 2.05. The van der Waals surface area contributed by atoms with E-state index < -0.39 is 0 Å². The molecule has 4 nitrogen and oxygen atoms in total. The van der Waals surface area contributed by atoms with E-state index in [0.29, 0.717) is 5.75 Å². The molecule has 0 aliphatic heterocycles. The number of aromatic hydroxyl groups is 1. The van der Waals surface area contributed by atoms with Crippen LogP contribution < -0.4 is 4.74 Å². The van der Waals surface area contributed by atoms with E-state index >= 15 is 0 Å². The van der Waals surface area contributed by atoms with Crippen LogP contribution in [0.3, 0.4) is 0 Å². The molecule has 106 valence electrons. The maximum absolute atomic E-state index is 9.52. The molecular weight excluding hydrogens is 264 g/mol. The number of H-pyrrole nitrogens is 1. The highest BCUT2D eigenvalue weighted by Crippen LogP contribution is 2.32. The van der Waals surface area contributed by atoms with E-state index in [1.165, 1.54) is 5.56 Å². The van der Waals surface area contributed by atoms with Gasteiger partial charge in [-0.15, -0.1) is 0 Å². The van der Waals surface area contributed by atoms with Gasteiger partial charge in [-0.1, -0.05) is 29.8 Å². The zero-order valence-corrected chi connectivity index (χ0v) is 11.9. The highest BCUT2D eigenvalue weighted by molar-refractivity contribution is 5.70. The molecule has 21 heavy (non-hydrogen) atoms. The van der Waals surface area contributed by atoms with Gasteiger partial charge in [0.15, 0.2) is 0 Å². The van der Waals surface area contributed by atoms with Crippen molar-refractivity contribution in [2.75, 3.05) is 7.11 Å². The van der Waals surface area contributed by atoms with Crippen LogP contribution >= 0.6 is 0 Å². The van der Waals surface area contributed by atoms with Crippen molar-refractivity contribution in [2.45, 2.75) is 6.92 Å². The Labute approximate surface area is 123 Å². The summed E-state index contributed by atoms with van der Waals surface area (Å²) in [6, 6.07) is 13.2. The third kappa shape index (κ3) is 2.60. The molecule has 0 bridgehead atoms. The van der Waals surface area contributed by atoms with Gasteiger partial charge >= 0.3 is 0 Å². The second-order valence-corrected chi connectivity index (χ2v) is 4.90. The van der Waals surface area contributed by atoms with Crippen molar-refractivity contribution in [1.29, 1.82) is 0 Å². The Kier molecular flexibility index (Phi) is 3.36. The van der Waals surface area contributed by atoms with Crippen molar-refractivity contribution < 1.29 is 9.84 Å². The van der Waals surface area contributed by atoms with E-state index in [9.17, 15) is 5.11 Å². The van der Waals surface area contributed by atoms with Gasteiger partial charge < -0.3 is 14.8 Å². The van der Waals surface area contributed by atoms with Gasteiger partial charge in [-0.3, -0.25) is 0 Å². The summed E-state index contributed by atoms with van der Waals surface area (Å²) >= 11 is 0. The van der Waals surface area contributed by atoms with Crippen molar-refractivity contribution in [3.8, 4) is 34.1 Å². The van der Waals surface area contributed by atoms with Crippen LogP contribution in [0.15, 0.2) is 48.7 Å². The predicted octanol–water partition coefficient (Wildman–Crippen LogP) is 3.77. The van der Waals surface area contributed by atoms with Crippen LogP contribution in [-0.4, -0.2) is 22.2 Å². The Hall–Kier alpha value is -2.75. The summed E-state index contributed by atoms with van der Waals surface area (Å²) < 4.78 is 5.30. The first-order valence-electron chi connectivity index (χ1n) is 6.67. The van der Waals surface area contributed by atoms with Crippen LogP contribution in [0.5, 0.6) is 11.5 Å². The molecule has 0 aliphatic carbocycles. The number of aromatic nitrogens is 2. The molecule has 0 spiro atoms. The van der Waals surface area contributed by atoms with Crippen LogP contribution in [0.1, 0.15) is 5.56 Å². The molecule has 0 saturated heterocycles. The van der Waals surface area contributed by atoms with Crippen molar-refractivity contribution in [1.82, 2.24) is 9.97 Å². The molecule has 0 unspecified atom stereocenters. The molecule has 1 aromatic heterocycles. The average molecular weight is 280 g/mol. The quantitative estimate of drug-likeness (QED) is 0.768. The largest absolute Gasteiger partial charge is 0.508 e. The molecule has 0 amide bonds. The lowest BCUT2D eigenvalue weighted by Gasteiger charge is -2.06. The van der Waals surface area contributed by atoms with E-state index in [0.717, 1.165) is 22.6 Å². The fraction of sp³-hybridized carbons (Fsp3) is 0.118. The van der Waals surface area contributed by atoms with E-state index in [1.54, 1.807) is 31.5 Å². The minimum atomic E-state index is 0.175. The molecule has 1 heterocycles. The van der Waals surface area contributed by atoms with Crippen LogP contribution in [0.25, 0.3) is 22.6 Å². The number of rotatable bonds is 3. The topological polar surface area (TPSA) is 58.1 Å². The van der Waals surface area contributed by atoms with Crippen molar-refractivity contribution in [3.63, 3.8) is 0 Å². The Bertz CT molecular complexity index is 761. The number of phenols is 1. The monoisotopic (exact) mass is 280 g/mol. The molecule has 0 saturated carbocycles. The predicted molar refractivity (Wildman–Crippen MR) is 82.4 cm³/mol. The van der Waals surface area contributed by atoms with Gasteiger partial charge in [-0.25, -0.2) is 4.98 Å². The van der Waals surface area contributed by atoms with E-state index in [1.807, 2.05) is 12.1 Å². The number of ether oxygens (including phenoxy) is 1. The number of hydrogen-bond acceptors (Lipinski definition) is 3. The van der Waals surface area contributed by atoms with Gasteiger partial charge in [0.25, 0.3) is 0 Å². The van der Waals surface area contributed by atoms with E-state index in [4.69, 9.17) is 4.74 Å². The van der Waals surface area contributed by atoms with Crippen molar-refractivity contribution in [3.05, 3.63) is 54.2 Å². The van der Waals surface area contributed by atoms with Gasteiger partial charge in [-0.05, 0) is 19.1 Å². The molecule has 0 aliphatic rings. The lowest BCUT2D eigenvalue weighted by Crippen LogP contribution is -1.88. The fourth-order valence-corrected chi connectivity index (χ4v) is 2.22. The number of hydrogen-bond donors (Lipinski definition) is 2. The third-order valence-electron chi connectivity index (χ3n) is 3.38. The molecule has 3 aromatic rings. The zero-order valence-electron chi connectivity index (χ0n) is 11.9. The van der Waals surface area contributed by atoms with Crippen molar-refractivity contribution >= 4 is 0 Å². The number of methoxy groups -OCH3 is 1. The standard InChI is InChI=1S/C17H16N2O2/c1-11-3-5-12(6-4-11)17-18-10-15(19-17)14-8-7-13(20)9-16(14)21-2/h3-10,20H,1-2H3,(H,18,19). The molecule has 0 atom stereocenters. The number of benzene rings is 2. The molecule has 3 rings (SSSR count).